The Morgan fingerprint density at radius 2 is 1.45 bits per heavy atom. The lowest BCUT2D eigenvalue weighted by atomic mass is 9.91. The van der Waals surface area contributed by atoms with Crippen molar-refractivity contribution in [2.24, 2.45) is 0 Å². The SMILES string of the molecule is C=C(F)NC(=C)F.CC1(NC2CCC(F)(F)CC2)CC1. The average Bonchev–Trinajstić information content (AvgIpc) is 2.99. The van der Waals surface area contributed by atoms with E-state index in [9.17, 15) is 17.6 Å². The van der Waals surface area contributed by atoms with Crippen molar-refractivity contribution in [3.05, 3.63) is 25.1 Å². The Hall–Kier alpha value is -1.04. The van der Waals surface area contributed by atoms with E-state index in [-0.39, 0.29) is 18.4 Å². The first kappa shape index (κ1) is 17.0. The lowest BCUT2D eigenvalue weighted by Gasteiger charge is -2.31. The zero-order valence-corrected chi connectivity index (χ0v) is 11.7. The first-order valence-electron chi connectivity index (χ1n) is 6.73. The number of hydrogen-bond donors (Lipinski definition) is 2. The predicted molar refractivity (Wildman–Crippen MR) is 71.6 cm³/mol. The maximum atomic E-state index is 12.8. The highest BCUT2D eigenvalue weighted by Crippen LogP contribution is 2.39. The van der Waals surface area contributed by atoms with E-state index in [4.69, 9.17) is 0 Å². The smallest absolute Gasteiger partial charge is 0.248 e. The summed E-state index contributed by atoms with van der Waals surface area (Å²) in [4.78, 5) is 0. The van der Waals surface area contributed by atoms with Gasteiger partial charge in [0.2, 0.25) is 5.92 Å². The Kier molecular flexibility index (Phi) is 5.62. The second-order valence-corrected chi connectivity index (χ2v) is 5.77. The van der Waals surface area contributed by atoms with Gasteiger partial charge in [-0.05, 0) is 45.8 Å². The molecule has 0 amide bonds. The minimum absolute atomic E-state index is 0.0702. The van der Waals surface area contributed by atoms with Crippen molar-refractivity contribution in [1.82, 2.24) is 10.6 Å². The highest BCUT2D eigenvalue weighted by atomic mass is 19.3. The molecule has 0 spiro atoms. The van der Waals surface area contributed by atoms with Gasteiger partial charge in [-0.3, -0.25) is 0 Å². The molecule has 0 aromatic carbocycles. The van der Waals surface area contributed by atoms with Gasteiger partial charge in [0.05, 0.1) is 0 Å². The molecule has 2 nitrogen and oxygen atoms in total. The topological polar surface area (TPSA) is 24.1 Å². The lowest BCUT2D eigenvalue weighted by molar-refractivity contribution is -0.0414. The van der Waals surface area contributed by atoms with E-state index in [0.717, 1.165) is 0 Å². The number of alkyl halides is 2. The van der Waals surface area contributed by atoms with E-state index in [1.807, 2.05) is 0 Å². The normalized spacial score (nSPS) is 23.2. The third kappa shape index (κ3) is 6.93. The zero-order valence-electron chi connectivity index (χ0n) is 11.7. The van der Waals surface area contributed by atoms with Gasteiger partial charge in [0.1, 0.15) is 0 Å². The van der Waals surface area contributed by atoms with Crippen LogP contribution in [0.1, 0.15) is 45.4 Å². The Morgan fingerprint density at radius 1 is 1.00 bits per heavy atom. The molecule has 2 saturated carbocycles. The van der Waals surface area contributed by atoms with E-state index >= 15 is 0 Å². The van der Waals surface area contributed by atoms with Crippen molar-refractivity contribution in [3.8, 4) is 0 Å². The number of rotatable bonds is 4. The summed E-state index contributed by atoms with van der Waals surface area (Å²) >= 11 is 0. The monoisotopic (exact) mass is 294 g/mol. The minimum atomic E-state index is -2.39. The molecule has 2 aliphatic carbocycles. The maximum Gasteiger partial charge on any atom is 0.248 e. The largest absolute Gasteiger partial charge is 0.309 e. The van der Waals surface area contributed by atoms with Gasteiger partial charge in [0.25, 0.3) is 0 Å². The standard InChI is InChI=1S/C10H17F2N.C4H5F2N/c1-9(6-7-9)13-8-2-4-10(11,12)5-3-8;1-3(5)7-4(2)6/h8,13H,2-7H2,1H3;7H,1-2H2. The molecular weight excluding hydrogens is 272 g/mol. The molecule has 0 saturated heterocycles. The van der Waals surface area contributed by atoms with Crippen molar-refractivity contribution >= 4 is 0 Å². The van der Waals surface area contributed by atoms with E-state index in [0.29, 0.717) is 18.9 Å². The highest BCUT2D eigenvalue weighted by molar-refractivity contribution is 5.00. The molecule has 2 N–H and O–H groups in total. The van der Waals surface area contributed by atoms with Crippen LogP contribution in [0, 0.1) is 0 Å². The Labute approximate surface area is 117 Å². The third-order valence-corrected chi connectivity index (χ3v) is 3.54. The summed E-state index contributed by atoms with van der Waals surface area (Å²) in [5.74, 6) is -4.26. The average molecular weight is 294 g/mol. The fourth-order valence-corrected chi connectivity index (χ4v) is 2.16. The van der Waals surface area contributed by atoms with Crippen LogP contribution < -0.4 is 10.6 Å². The fourth-order valence-electron chi connectivity index (χ4n) is 2.16. The van der Waals surface area contributed by atoms with Crippen LogP contribution in [0.15, 0.2) is 25.1 Å². The van der Waals surface area contributed by atoms with Crippen molar-refractivity contribution in [3.63, 3.8) is 0 Å². The predicted octanol–water partition coefficient (Wildman–Crippen LogP) is 4.16. The molecule has 0 radical (unpaired) electrons. The van der Waals surface area contributed by atoms with Crippen molar-refractivity contribution < 1.29 is 17.6 Å². The van der Waals surface area contributed by atoms with Gasteiger partial charge in [-0.2, -0.15) is 8.78 Å². The lowest BCUT2D eigenvalue weighted by Crippen LogP contribution is -2.42. The number of hydrogen-bond acceptors (Lipinski definition) is 2. The summed E-state index contributed by atoms with van der Waals surface area (Å²) in [6.07, 6.45) is 3.84. The Bertz CT molecular complexity index is 342. The fraction of sp³-hybridized carbons (Fsp3) is 0.714. The van der Waals surface area contributed by atoms with Crippen LogP contribution >= 0.6 is 0 Å². The number of halogens is 4. The molecule has 2 aliphatic rings. The summed E-state index contributed by atoms with van der Waals surface area (Å²) in [6.45, 7) is 7.61. The van der Waals surface area contributed by atoms with Crippen LogP contribution in [0.4, 0.5) is 17.6 Å². The number of nitrogens with one attached hydrogen (secondary N) is 2. The van der Waals surface area contributed by atoms with Crippen molar-refractivity contribution in [2.75, 3.05) is 0 Å². The Morgan fingerprint density at radius 3 is 1.75 bits per heavy atom. The second-order valence-electron chi connectivity index (χ2n) is 5.77. The molecule has 0 aliphatic heterocycles. The molecule has 0 heterocycles. The molecule has 0 atom stereocenters. The minimum Gasteiger partial charge on any atom is -0.309 e. The van der Waals surface area contributed by atoms with Crippen molar-refractivity contribution in [1.29, 1.82) is 0 Å². The van der Waals surface area contributed by atoms with Crippen LogP contribution in [-0.2, 0) is 0 Å². The van der Waals surface area contributed by atoms with Gasteiger partial charge in [-0.15, -0.1) is 0 Å². The summed E-state index contributed by atoms with van der Waals surface area (Å²) in [7, 11) is 0. The van der Waals surface area contributed by atoms with Gasteiger partial charge >= 0.3 is 0 Å². The molecule has 2 rings (SSSR count). The van der Waals surface area contributed by atoms with Gasteiger partial charge in [0.15, 0.2) is 11.9 Å². The van der Waals surface area contributed by atoms with Gasteiger partial charge < -0.3 is 10.6 Å². The molecule has 6 heteroatoms. The van der Waals surface area contributed by atoms with Crippen LogP contribution in [0.2, 0.25) is 0 Å². The molecule has 0 aromatic heterocycles. The van der Waals surface area contributed by atoms with Crippen LogP contribution in [0.25, 0.3) is 0 Å². The summed E-state index contributed by atoms with van der Waals surface area (Å²) in [6, 6.07) is 0.340. The zero-order chi connectivity index (χ0) is 15.4. The van der Waals surface area contributed by atoms with E-state index < -0.39 is 17.8 Å². The summed E-state index contributed by atoms with van der Waals surface area (Å²) < 4.78 is 48.3. The molecule has 2 fully saturated rings. The van der Waals surface area contributed by atoms with Crippen LogP contribution in [-0.4, -0.2) is 17.5 Å². The summed E-state index contributed by atoms with van der Waals surface area (Å²) in [5.41, 5.74) is 0.289. The molecule has 0 unspecified atom stereocenters. The summed E-state index contributed by atoms with van der Waals surface area (Å²) in [5, 5.41) is 5.06. The molecule has 116 valence electrons. The van der Waals surface area contributed by atoms with Gasteiger partial charge in [-0.25, -0.2) is 8.78 Å². The molecule has 20 heavy (non-hydrogen) atoms. The first-order valence-corrected chi connectivity index (χ1v) is 6.73. The molecule has 0 bridgehead atoms. The van der Waals surface area contributed by atoms with Crippen molar-refractivity contribution in [2.45, 2.75) is 63.0 Å². The Balaban J connectivity index is 0.000000246. The molecule has 0 aromatic rings. The second kappa shape index (κ2) is 6.61. The van der Waals surface area contributed by atoms with E-state index in [1.54, 1.807) is 5.32 Å². The van der Waals surface area contributed by atoms with E-state index in [2.05, 4.69) is 25.4 Å². The quantitative estimate of drug-likeness (QED) is 0.601. The first-order chi connectivity index (χ1) is 9.12. The van der Waals surface area contributed by atoms with Gasteiger partial charge in [-0.1, -0.05) is 0 Å². The maximum absolute atomic E-state index is 12.8. The van der Waals surface area contributed by atoms with E-state index in [1.165, 1.54) is 12.8 Å². The van der Waals surface area contributed by atoms with Crippen LogP contribution in [0.5, 0.6) is 0 Å². The highest BCUT2D eigenvalue weighted by Gasteiger charge is 2.42. The van der Waals surface area contributed by atoms with Crippen LogP contribution in [0.3, 0.4) is 0 Å². The third-order valence-electron chi connectivity index (χ3n) is 3.54. The van der Waals surface area contributed by atoms with Gasteiger partial charge in [0, 0.05) is 24.4 Å². The molecular formula is C14H22F4N2.